The number of ketones is 4. The predicted molar refractivity (Wildman–Crippen MR) is 343 cm³/mol. The van der Waals surface area contributed by atoms with Gasteiger partial charge in [-0.25, -0.2) is 8.42 Å². The van der Waals surface area contributed by atoms with Gasteiger partial charge in [0.1, 0.15) is 5.75 Å². The average Bonchev–Trinajstić information content (AvgIpc) is 2.36. The predicted octanol–water partition coefficient (Wildman–Crippen LogP) is 10.4. The first-order valence-electron chi connectivity index (χ1n) is 27.2. The maximum absolute atomic E-state index is 13.7. The number of sulfonamides is 1. The minimum absolute atomic E-state index is 0.0152. The number of hydrogen-bond donors (Lipinski definition) is 4. The van der Waals surface area contributed by atoms with Crippen LogP contribution in [0, 0.1) is 6.92 Å². The molecule has 20 heteroatoms. The molecule has 2 aliphatic rings. The van der Waals surface area contributed by atoms with Gasteiger partial charge in [0.25, 0.3) is 21.1 Å². The van der Waals surface area contributed by atoms with Crippen molar-refractivity contribution in [1.29, 1.82) is 0 Å². The number of hydrogen-bond acceptors (Lipinski definition) is 17. The van der Waals surface area contributed by atoms with Crippen LogP contribution in [0.15, 0.2) is 220 Å². The lowest BCUT2D eigenvalue weighted by Crippen LogP contribution is -2.26. The minimum Gasteiger partial charge on any atom is -0.494 e. The highest BCUT2D eigenvalue weighted by atomic mass is 32.2. The molecule has 7 N–H and O–H groups in total. The van der Waals surface area contributed by atoms with E-state index in [4.69, 9.17) is 26.7 Å². The van der Waals surface area contributed by atoms with Crippen molar-refractivity contribution in [2.45, 2.75) is 44.4 Å². The Kier molecular flexibility index (Phi) is 16.4. The summed E-state index contributed by atoms with van der Waals surface area (Å²) in [6.45, 7) is 2.32. The molecule has 0 amide bonds. The first-order valence-corrected chi connectivity index (χ1v) is 30.4. The van der Waals surface area contributed by atoms with Gasteiger partial charge in [-0.1, -0.05) is 150 Å². The number of carbonyl (C=O) groups excluding carboxylic acids is 4. The van der Waals surface area contributed by atoms with Crippen molar-refractivity contribution in [3.63, 3.8) is 0 Å². The van der Waals surface area contributed by atoms with Crippen molar-refractivity contribution < 1.29 is 37.1 Å². The molecule has 0 radical (unpaired) electrons. The van der Waals surface area contributed by atoms with Crippen LogP contribution in [0.25, 0.3) is 32.3 Å². The largest absolute Gasteiger partial charge is 0.494 e. The number of nitrogens with one attached hydrogen (secondary N) is 1. The van der Waals surface area contributed by atoms with Crippen LogP contribution >= 0.6 is 23.5 Å². The van der Waals surface area contributed by atoms with E-state index in [1.165, 1.54) is 80.2 Å². The number of fused-ring (bicyclic) bond motifs is 7. The number of ether oxygens (including phenoxy) is 2. The first-order chi connectivity index (χ1) is 42.4. The van der Waals surface area contributed by atoms with Gasteiger partial charge in [0, 0.05) is 90.1 Å². The number of benzene rings is 10. The highest BCUT2D eigenvalue weighted by molar-refractivity contribution is 7.99. The van der Waals surface area contributed by atoms with Crippen molar-refractivity contribution in [2.75, 3.05) is 42.7 Å². The Morgan fingerprint density at radius 3 is 1.41 bits per heavy atom. The SMILES string of the molecule is COCCCn1c(=O)c2c(N)c3c(=O)c4ccccc4c(=O)c3c(N)c2c1=O.COc1cc(NS(=O)(=O)c2ccc(C)cc2)c2c(c1N)C(=O)c1ccccc1C2=O.O=C1c2cccc(Sc3ccccc3)c2C(=O)c2c(Sc3ccccc3)cccc21. The van der Waals surface area contributed by atoms with Gasteiger partial charge in [0.05, 0.1) is 67.4 Å². The molecule has 0 atom stereocenters. The van der Waals surface area contributed by atoms with Crippen molar-refractivity contribution >= 4 is 112 Å². The molecule has 0 saturated carbocycles. The molecule has 17 nitrogen and oxygen atoms in total. The summed E-state index contributed by atoms with van der Waals surface area (Å²) in [4.78, 5) is 109. The smallest absolute Gasteiger partial charge is 0.263 e. The monoisotopic (exact) mass is 1230 g/mol. The Morgan fingerprint density at radius 1 is 0.477 bits per heavy atom. The molecule has 0 saturated heterocycles. The number of aromatic nitrogens is 1. The van der Waals surface area contributed by atoms with Gasteiger partial charge in [-0.15, -0.1) is 0 Å². The molecule has 1 aromatic heterocycles. The number of nitrogens with two attached hydrogens (primary N) is 3. The normalized spacial score (nSPS) is 12.4. The van der Waals surface area contributed by atoms with Gasteiger partial charge < -0.3 is 26.7 Å². The molecule has 1 heterocycles. The lowest BCUT2D eigenvalue weighted by Gasteiger charge is -2.23. The van der Waals surface area contributed by atoms with Gasteiger partial charge in [0.15, 0.2) is 34.0 Å². The summed E-state index contributed by atoms with van der Waals surface area (Å²) in [6.07, 6.45) is 0.435. The fraction of sp³-hybridized carbons (Fsp3) is 0.0882. The maximum Gasteiger partial charge on any atom is 0.263 e. The summed E-state index contributed by atoms with van der Waals surface area (Å²) in [5.41, 5.74) is 18.9. The van der Waals surface area contributed by atoms with Crippen molar-refractivity contribution in [3.05, 3.63) is 267 Å². The molecule has 10 aromatic carbocycles. The molecular formula is C68H51N5O12S3. The van der Waals surface area contributed by atoms with Crippen LogP contribution in [0.2, 0.25) is 0 Å². The molecule has 13 rings (SSSR count). The van der Waals surface area contributed by atoms with Gasteiger partial charge in [-0.05, 0) is 61.9 Å². The standard InChI is InChI=1S/C26H16O2S2.C22H18N2O5S.C20H17N3O5/c27-25-19-13-7-15-21(29-17-9-3-1-4-10-17)23(19)26(28)24-20(25)14-8-16-22(24)30-18-11-5-2-6-12-18;1-12-7-9-13(10-8-12)30(27,28)24-16-11-17(29-2)20(23)19-18(16)21(25)14-5-3-4-6-15(14)22(19)26;1-28-8-4-7-23-19(26)13-14(20(23)27)16(22)12-11(15(13)21)17(24)9-5-2-3-6-10(9)18(12)25/h1-16H;3-11,24H,23H2,1-2H3;2-3,5-6H,4,7-8,21-22H2,1H3. The highest BCUT2D eigenvalue weighted by Crippen LogP contribution is 2.43. The third-order valence-corrected chi connectivity index (χ3v) is 18.5. The number of rotatable bonds is 12. The molecule has 88 heavy (non-hydrogen) atoms. The molecule has 2 aliphatic carbocycles. The molecule has 0 spiro atoms. The zero-order valence-electron chi connectivity index (χ0n) is 47.2. The van der Waals surface area contributed by atoms with Crippen LogP contribution in [-0.4, -0.2) is 56.9 Å². The van der Waals surface area contributed by atoms with E-state index in [1.54, 1.807) is 48.5 Å². The molecule has 438 valence electrons. The first kappa shape index (κ1) is 59.5. The number of carbonyl (C=O) groups is 4. The number of methoxy groups -OCH3 is 2. The van der Waals surface area contributed by atoms with Crippen LogP contribution in [0.4, 0.5) is 22.7 Å². The van der Waals surface area contributed by atoms with Crippen LogP contribution in [0.5, 0.6) is 5.75 Å². The fourth-order valence-electron chi connectivity index (χ4n) is 10.8. The van der Waals surface area contributed by atoms with E-state index in [0.717, 1.165) is 29.7 Å². The summed E-state index contributed by atoms with van der Waals surface area (Å²) in [7, 11) is -1.17. The van der Waals surface area contributed by atoms with E-state index < -0.39 is 43.6 Å². The summed E-state index contributed by atoms with van der Waals surface area (Å²) >= 11 is 3.03. The molecule has 11 aromatic rings. The lowest BCUT2D eigenvalue weighted by molar-refractivity contribution is 0.0974. The second-order valence-electron chi connectivity index (χ2n) is 20.4. The van der Waals surface area contributed by atoms with E-state index in [-0.39, 0.29) is 106 Å². The molecular weight excluding hydrogens is 1170 g/mol. The summed E-state index contributed by atoms with van der Waals surface area (Å²) in [6, 6.07) is 51.1. The van der Waals surface area contributed by atoms with Crippen LogP contribution in [0.3, 0.4) is 0 Å². The van der Waals surface area contributed by atoms with Crippen LogP contribution in [-0.2, 0) is 21.3 Å². The zero-order chi connectivity index (χ0) is 62.3. The summed E-state index contributed by atoms with van der Waals surface area (Å²) in [5.74, 6) is -1.04. The van der Waals surface area contributed by atoms with Crippen LogP contribution in [0.1, 0.15) is 75.7 Å². The van der Waals surface area contributed by atoms with E-state index in [9.17, 15) is 46.8 Å². The van der Waals surface area contributed by atoms with Crippen LogP contribution < -0.4 is 48.6 Å². The molecule has 0 aliphatic heterocycles. The van der Waals surface area contributed by atoms with Gasteiger partial charge >= 0.3 is 0 Å². The minimum atomic E-state index is -4.03. The second kappa shape index (κ2) is 24.3. The van der Waals surface area contributed by atoms with Gasteiger partial charge in [0.2, 0.25) is 0 Å². The third-order valence-electron chi connectivity index (χ3n) is 15.0. The van der Waals surface area contributed by atoms with E-state index in [0.29, 0.717) is 35.3 Å². The second-order valence-corrected chi connectivity index (χ2v) is 24.3. The van der Waals surface area contributed by atoms with E-state index in [1.807, 2.05) is 91.9 Å². The van der Waals surface area contributed by atoms with E-state index in [2.05, 4.69) is 4.72 Å². The number of anilines is 4. The van der Waals surface area contributed by atoms with Crippen molar-refractivity contribution in [3.8, 4) is 5.75 Å². The third kappa shape index (κ3) is 10.6. The highest BCUT2D eigenvalue weighted by Gasteiger charge is 2.37. The fourth-order valence-corrected chi connectivity index (χ4v) is 13.9. The van der Waals surface area contributed by atoms with Crippen molar-refractivity contribution in [1.82, 2.24) is 4.57 Å². The molecule has 0 fully saturated rings. The molecule has 0 bridgehead atoms. The number of nitrogens with zero attached hydrogens (tertiary/aromatic N) is 1. The zero-order valence-corrected chi connectivity index (χ0v) is 49.6. The summed E-state index contributed by atoms with van der Waals surface area (Å²) in [5, 5.41) is -0.0578. The average molecular weight is 1230 g/mol. The van der Waals surface area contributed by atoms with Gasteiger partial charge in [-0.3, -0.25) is 47.6 Å². The Labute approximate surface area is 510 Å². The Hall–Kier alpha value is -10.3. The van der Waals surface area contributed by atoms with Crippen molar-refractivity contribution in [2.24, 2.45) is 0 Å². The number of aryl methyl sites for hydroxylation is 1. The van der Waals surface area contributed by atoms with Gasteiger partial charge in [-0.2, -0.15) is 0 Å². The number of nitrogen functional groups attached to an aromatic ring is 3. The molecule has 0 unspecified atom stereocenters. The summed E-state index contributed by atoms with van der Waals surface area (Å²) < 4.78 is 39.5. The van der Waals surface area contributed by atoms with E-state index >= 15 is 0 Å². The Bertz CT molecular complexity index is 4860. The maximum atomic E-state index is 13.7. The quantitative estimate of drug-likeness (QED) is 0.0383. The Morgan fingerprint density at radius 2 is 0.932 bits per heavy atom. The topological polar surface area (TPSA) is 284 Å². The lowest BCUT2D eigenvalue weighted by atomic mass is 9.82. The Balaban J connectivity index is 0.000000137.